The van der Waals surface area contributed by atoms with Gasteiger partial charge in [-0.15, -0.1) is 0 Å². The summed E-state index contributed by atoms with van der Waals surface area (Å²) in [4.78, 5) is 11.7. The second kappa shape index (κ2) is 6.86. The van der Waals surface area contributed by atoms with Crippen molar-refractivity contribution in [3.63, 3.8) is 0 Å². The van der Waals surface area contributed by atoms with E-state index >= 15 is 0 Å². The second-order valence-corrected chi connectivity index (χ2v) is 4.06. The highest BCUT2D eigenvalue weighted by Crippen LogP contribution is 2.25. The molecule has 0 radical (unpaired) electrons. The minimum Gasteiger partial charge on any atom is -0.504 e. The molecule has 1 aromatic carbocycles. The SMILES string of the molecule is COc1ccc(C(=O)NCCOC(C)C)cc1O. The van der Waals surface area contributed by atoms with Crippen molar-refractivity contribution >= 4 is 5.91 Å². The van der Waals surface area contributed by atoms with Gasteiger partial charge in [-0.25, -0.2) is 0 Å². The zero-order valence-corrected chi connectivity index (χ0v) is 10.9. The van der Waals surface area contributed by atoms with Gasteiger partial charge in [0.05, 0.1) is 19.8 Å². The van der Waals surface area contributed by atoms with E-state index in [1.807, 2.05) is 13.8 Å². The largest absolute Gasteiger partial charge is 0.504 e. The van der Waals surface area contributed by atoms with Crippen LogP contribution < -0.4 is 10.1 Å². The molecule has 2 N–H and O–H groups in total. The molecule has 0 fully saturated rings. The standard InChI is InChI=1S/C13H19NO4/c1-9(2)18-7-6-14-13(16)10-4-5-12(17-3)11(15)8-10/h4-5,8-9,15H,6-7H2,1-3H3,(H,14,16). The van der Waals surface area contributed by atoms with Crippen molar-refractivity contribution in [2.75, 3.05) is 20.3 Å². The first-order valence-electron chi connectivity index (χ1n) is 5.81. The van der Waals surface area contributed by atoms with Crippen molar-refractivity contribution in [3.05, 3.63) is 23.8 Å². The van der Waals surface area contributed by atoms with Crippen molar-refractivity contribution in [1.29, 1.82) is 0 Å². The minimum atomic E-state index is -0.250. The molecule has 100 valence electrons. The molecule has 0 saturated heterocycles. The summed E-state index contributed by atoms with van der Waals surface area (Å²) >= 11 is 0. The highest BCUT2D eigenvalue weighted by molar-refractivity contribution is 5.94. The molecule has 0 spiro atoms. The smallest absolute Gasteiger partial charge is 0.251 e. The molecular weight excluding hydrogens is 234 g/mol. The number of carbonyl (C=O) groups excluding carboxylic acids is 1. The summed E-state index contributed by atoms with van der Waals surface area (Å²) in [6.07, 6.45) is 0.145. The first kappa shape index (κ1) is 14.3. The Kier molecular flexibility index (Phi) is 5.45. The van der Waals surface area contributed by atoms with E-state index in [-0.39, 0.29) is 17.8 Å². The van der Waals surface area contributed by atoms with Gasteiger partial charge in [-0.1, -0.05) is 0 Å². The third kappa shape index (κ3) is 4.25. The maximum atomic E-state index is 11.7. The summed E-state index contributed by atoms with van der Waals surface area (Å²) < 4.78 is 10.2. The number of hydrogen-bond acceptors (Lipinski definition) is 4. The molecule has 18 heavy (non-hydrogen) atoms. The predicted molar refractivity (Wildman–Crippen MR) is 68.1 cm³/mol. The van der Waals surface area contributed by atoms with Crippen LogP contribution in [0.3, 0.4) is 0 Å². The fourth-order valence-corrected chi connectivity index (χ4v) is 1.39. The number of methoxy groups -OCH3 is 1. The number of carbonyl (C=O) groups is 1. The van der Waals surface area contributed by atoms with Crippen molar-refractivity contribution < 1.29 is 19.4 Å². The molecule has 1 rings (SSSR count). The number of hydrogen-bond donors (Lipinski definition) is 2. The molecular formula is C13H19NO4. The molecule has 5 heteroatoms. The number of benzene rings is 1. The van der Waals surface area contributed by atoms with Crippen LogP contribution in [0.5, 0.6) is 11.5 Å². The summed E-state index contributed by atoms with van der Waals surface area (Å²) in [5, 5.41) is 12.3. The number of phenols is 1. The van der Waals surface area contributed by atoms with Crippen molar-refractivity contribution in [2.45, 2.75) is 20.0 Å². The molecule has 0 aliphatic carbocycles. The van der Waals surface area contributed by atoms with E-state index < -0.39 is 0 Å². The molecule has 0 saturated carbocycles. The Morgan fingerprint density at radius 2 is 2.17 bits per heavy atom. The fraction of sp³-hybridized carbons (Fsp3) is 0.462. The van der Waals surface area contributed by atoms with E-state index in [9.17, 15) is 9.90 Å². The Labute approximate surface area is 107 Å². The van der Waals surface area contributed by atoms with Crippen molar-refractivity contribution in [2.24, 2.45) is 0 Å². The van der Waals surface area contributed by atoms with Gasteiger partial charge in [-0.2, -0.15) is 0 Å². The van der Waals surface area contributed by atoms with Crippen LogP contribution in [0.2, 0.25) is 0 Å². The number of ether oxygens (including phenoxy) is 2. The van der Waals surface area contributed by atoms with Gasteiger partial charge in [0.25, 0.3) is 5.91 Å². The number of rotatable bonds is 6. The molecule has 5 nitrogen and oxygen atoms in total. The van der Waals surface area contributed by atoms with Gasteiger partial charge in [0.15, 0.2) is 11.5 Å². The number of nitrogens with one attached hydrogen (secondary N) is 1. The monoisotopic (exact) mass is 253 g/mol. The van der Waals surface area contributed by atoms with Crippen LogP contribution in [0.25, 0.3) is 0 Å². The van der Waals surface area contributed by atoms with Crippen molar-refractivity contribution in [3.8, 4) is 11.5 Å². The average molecular weight is 253 g/mol. The van der Waals surface area contributed by atoms with Gasteiger partial charge in [-0.05, 0) is 32.0 Å². The minimum absolute atomic E-state index is 0.0522. The summed E-state index contributed by atoms with van der Waals surface area (Å²) in [5.74, 6) is 0.0404. The molecule has 0 atom stereocenters. The highest BCUT2D eigenvalue weighted by Gasteiger charge is 2.08. The van der Waals surface area contributed by atoms with Crippen LogP contribution in [0.4, 0.5) is 0 Å². The van der Waals surface area contributed by atoms with Crippen LogP contribution in [0, 0.1) is 0 Å². The molecule has 0 heterocycles. The van der Waals surface area contributed by atoms with Gasteiger partial charge in [0.2, 0.25) is 0 Å². The Morgan fingerprint density at radius 3 is 2.72 bits per heavy atom. The van der Waals surface area contributed by atoms with Gasteiger partial charge in [0, 0.05) is 12.1 Å². The lowest BCUT2D eigenvalue weighted by Crippen LogP contribution is -2.28. The summed E-state index contributed by atoms with van der Waals surface area (Å²) in [6, 6.07) is 4.52. The zero-order chi connectivity index (χ0) is 13.5. The van der Waals surface area contributed by atoms with Gasteiger partial charge < -0.3 is 19.9 Å². The lowest BCUT2D eigenvalue weighted by Gasteiger charge is -2.09. The highest BCUT2D eigenvalue weighted by atomic mass is 16.5. The Bertz CT molecular complexity index is 404. The average Bonchev–Trinajstić information content (AvgIpc) is 2.34. The second-order valence-electron chi connectivity index (χ2n) is 4.06. The first-order chi connectivity index (χ1) is 8.54. The van der Waals surface area contributed by atoms with E-state index in [1.54, 1.807) is 12.1 Å². The quantitative estimate of drug-likeness (QED) is 0.755. The molecule has 0 bridgehead atoms. The van der Waals surface area contributed by atoms with Gasteiger partial charge in [-0.3, -0.25) is 4.79 Å². The number of amides is 1. The topological polar surface area (TPSA) is 67.8 Å². The van der Waals surface area contributed by atoms with Gasteiger partial charge >= 0.3 is 0 Å². The fourth-order valence-electron chi connectivity index (χ4n) is 1.39. The van der Waals surface area contributed by atoms with Gasteiger partial charge in [0.1, 0.15) is 0 Å². The van der Waals surface area contributed by atoms with Crippen molar-refractivity contribution in [1.82, 2.24) is 5.32 Å². The molecule has 0 aliphatic rings. The van der Waals surface area contributed by atoms with E-state index in [0.29, 0.717) is 24.5 Å². The van der Waals surface area contributed by atoms with E-state index in [1.165, 1.54) is 13.2 Å². The lowest BCUT2D eigenvalue weighted by atomic mass is 10.2. The molecule has 1 aromatic rings. The summed E-state index contributed by atoms with van der Waals surface area (Å²) in [5.41, 5.74) is 0.387. The van der Waals surface area contributed by atoms with Crippen LogP contribution in [0.15, 0.2) is 18.2 Å². The van der Waals surface area contributed by atoms with Crippen LogP contribution in [-0.4, -0.2) is 37.4 Å². The number of aromatic hydroxyl groups is 1. The Balaban J connectivity index is 2.49. The predicted octanol–water partition coefficient (Wildman–Crippen LogP) is 1.56. The maximum absolute atomic E-state index is 11.7. The first-order valence-corrected chi connectivity index (χ1v) is 5.81. The van der Waals surface area contributed by atoms with Crippen LogP contribution in [0.1, 0.15) is 24.2 Å². The van der Waals surface area contributed by atoms with Crippen LogP contribution >= 0.6 is 0 Å². The molecule has 0 aromatic heterocycles. The maximum Gasteiger partial charge on any atom is 0.251 e. The summed E-state index contributed by atoms with van der Waals surface area (Å²) in [7, 11) is 1.46. The molecule has 0 unspecified atom stereocenters. The summed E-state index contributed by atoms with van der Waals surface area (Å²) in [6.45, 7) is 4.77. The van der Waals surface area contributed by atoms with E-state index in [0.717, 1.165) is 0 Å². The van der Waals surface area contributed by atoms with Crippen LogP contribution in [-0.2, 0) is 4.74 Å². The van der Waals surface area contributed by atoms with E-state index in [4.69, 9.17) is 9.47 Å². The molecule has 1 amide bonds. The molecule has 0 aliphatic heterocycles. The zero-order valence-electron chi connectivity index (χ0n) is 10.9. The Morgan fingerprint density at radius 1 is 1.44 bits per heavy atom. The number of phenolic OH excluding ortho intramolecular Hbond substituents is 1. The third-order valence-corrected chi connectivity index (χ3v) is 2.28. The lowest BCUT2D eigenvalue weighted by molar-refractivity contribution is 0.0746. The Hall–Kier alpha value is -1.75. The third-order valence-electron chi connectivity index (χ3n) is 2.28. The normalized spacial score (nSPS) is 10.4. The van der Waals surface area contributed by atoms with E-state index in [2.05, 4.69) is 5.32 Å².